The van der Waals surface area contributed by atoms with Crippen molar-refractivity contribution in [1.82, 2.24) is 0 Å². The minimum atomic E-state index is 0.286. The maximum Gasteiger partial charge on any atom is 0.0363 e. The molecule has 2 N–H and O–H groups in total. The highest BCUT2D eigenvalue weighted by atomic mass is 15.1. The summed E-state index contributed by atoms with van der Waals surface area (Å²) in [4.78, 5) is 2.30. The van der Waals surface area contributed by atoms with Crippen molar-refractivity contribution in [3.63, 3.8) is 0 Å². The number of benzene rings is 1. The van der Waals surface area contributed by atoms with Gasteiger partial charge in [0.15, 0.2) is 0 Å². The van der Waals surface area contributed by atoms with Gasteiger partial charge in [-0.05, 0) is 36.5 Å². The molecule has 1 aromatic carbocycles. The second-order valence-electron chi connectivity index (χ2n) is 5.31. The lowest BCUT2D eigenvalue weighted by molar-refractivity contribution is 0.637. The van der Waals surface area contributed by atoms with E-state index in [2.05, 4.69) is 57.0 Å². The third-order valence-electron chi connectivity index (χ3n) is 3.04. The molecule has 0 spiro atoms. The first kappa shape index (κ1) is 14.0. The summed E-state index contributed by atoms with van der Waals surface area (Å²) in [5.74, 6) is 0.688. The van der Waals surface area contributed by atoms with Crippen LogP contribution in [0.25, 0.3) is 0 Å². The second kappa shape index (κ2) is 6.65. The van der Waals surface area contributed by atoms with Crippen molar-refractivity contribution in [3.8, 4) is 0 Å². The van der Waals surface area contributed by atoms with Gasteiger partial charge in [-0.3, -0.25) is 0 Å². The fourth-order valence-electron chi connectivity index (χ4n) is 1.99. The molecule has 0 aliphatic heterocycles. The Morgan fingerprint density at radius 2 is 1.76 bits per heavy atom. The predicted molar refractivity (Wildman–Crippen MR) is 76.5 cm³/mol. The van der Waals surface area contributed by atoms with Crippen molar-refractivity contribution >= 4 is 5.69 Å². The minimum absolute atomic E-state index is 0.286. The van der Waals surface area contributed by atoms with Crippen LogP contribution in [0.4, 0.5) is 5.69 Å². The van der Waals surface area contributed by atoms with Gasteiger partial charge in [-0.1, -0.05) is 32.9 Å². The monoisotopic (exact) mass is 234 g/mol. The van der Waals surface area contributed by atoms with Crippen LogP contribution in [-0.2, 0) is 6.42 Å². The topological polar surface area (TPSA) is 29.3 Å². The molecule has 0 heterocycles. The molecule has 0 aliphatic carbocycles. The van der Waals surface area contributed by atoms with E-state index < -0.39 is 0 Å². The van der Waals surface area contributed by atoms with Gasteiger partial charge in [0.25, 0.3) is 0 Å². The SMILES string of the molecule is CCC(N)Cc1ccc(N(C)CC(C)C)cc1. The van der Waals surface area contributed by atoms with Gasteiger partial charge in [0.2, 0.25) is 0 Å². The van der Waals surface area contributed by atoms with Crippen LogP contribution in [0.15, 0.2) is 24.3 Å². The minimum Gasteiger partial charge on any atom is -0.374 e. The molecular formula is C15H26N2. The Morgan fingerprint density at radius 1 is 1.18 bits per heavy atom. The third kappa shape index (κ3) is 4.78. The molecule has 0 saturated carbocycles. The molecule has 0 saturated heterocycles. The lowest BCUT2D eigenvalue weighted by atomic mass is 10.0. The van der Waals surface area contributed by atoms with Crippen molar-refractivity contribution in [1.29, 1.82) is 0 Å². The first-order valence-corrected chi connectivity index (χ1v) is 6.58. The van der Waals surface area contributed by atoms with E-state index >= 15 is 0 Å². The third-order valence-corrected chi connectivity index (χ3v) is 3.04. The number of nitrogens with two attached hydrogens (primary N) is 1. The molecule has 0 aliphatic rings. The molecule has 1 atom stereocenters. The van der Waals surface area contributed by atoms with Crippen LogP contribution in [0, 0.1) is 5.92 Å². The largest absolute Gasteiger partial charge is 0.374 e. The van der Waals surface area contributed by atoms with Gasteiger partial charge in [-0.25, -0.2) is 0 Å². The average Bonchev–Trinajstić information content (AvgIpc) is 2.28. The van der Waals surface area contributed by atoms with Crippen LogP contribution in [0.1, 0.15) is 32.8 Å². The number of rotatable bonds is 6. The van der Waals surface area contributed by atoms with Crippen LogP contribution in [0.5, 0.6) is 0 Å². The zero-order valence-electron chi connectivity index (χ0n) is 11.6. The first-order valence-electron chi connectivity index (χ1n) is 6.58. The number of nitrogens with zero attached hydrogens (tertiary/aromatic N) is 1. The Labute approximate surface area is 106 Å². The molecular weight excluding hydrogens is 208 g/mol. The van der Waals surface area contributed by atoms with Crippen LogP contribution < -0.4 is 10.6 Å². The standard InChI is InChI=1S/C15H26N2/c1-5-14(16)10-13-6-8-15(9-7-13)17(4)11-12(2)3/h6-9,12,14H,5,10-11,16H2,1-4H3. The number of anilines is 1. The summed E-state index contributed by atoms with van der Waals surface area (Å²) in [5.41, 5.74) is 8.58. The molecule has 0 aromatic heterocycles. The smallest absolute Gasteiger partial charge is 0.0363 e. The average molecular weight is 234 g/mol. The molecule has 1 unspecified atom stereocenters. The van der Waals surface area contributed by atoms with Crippen LogP contribution in [0.2, 0.25) is 0 Å². The lowest BCUT2D eigenvalue weighted by Gasteiger charge is -2.21. The van der Waals surface area contributed by atoms with E-state index in [-0.39, 0.29) is 6.04 Å². The predicted octanol–water partition coefficient (Wildman–Crippen LogP) is 3.06. The van der Waals surface area contributed by atoms with E-state index in [1.165, 1.54) is 11.3 Å². The van der Waals surface area contributed by atoms with Gasteiger partial charge in [-0.2, -0.15) is 0 Å². The molecule has 2 heteroatoms. The summed E-state index contributed by atoms with van der Waals surface area (Å²) in [6.07, 6.45) is 2.01. The molecule has 0 fully saturated rings. The molecule has 17 heavy (non-hydrogen) atoms. The Morgan fingerprint density at radius 3 is 2.24 bits per heavy atom. The summed E-state index contributed by atoms with van der Waals surface area (Å²) in [7, 11) is 2.15. The van der Waals surface area contributed by atoms with E-state index in [9.17, 15) is 0 Å². The molecule has 0 amide bonds. The highest BCUT2D eigenvalue weighted by Gasteiger charge is 2.05. The van der Waals surface area contributed by atoms with E-state index in [0.717, 1.165) is 19.4 Å². The van der Waals surface area contributed by atoms with Crippen molar-refractivity contribution in [2.45, 2.75) is 39.7 Å². The summed E-state index contributed by atoms with van der Waals surface area (Å²) >= 11 is 0. The first-order chi connectivity index (χ1) is 8.02. The lowest BCUT2D eigenvalue weighted by Crippen LogP contribution is -2.23. The molecule has 2 nitrogen and oxygen atoms in total. The summed E-state index contributed by atoms with van der Waals surface area (Å²) in [5, 5.41) is 0. The van der Waals surface area contributed by atoms with Gasteiger partial charge in [0, 0.05) is 25.3 Å². The Bertz CT molecular complexity index is 316. The molecule has 0 bridgehead atoms. The van der Waals surface area contributed by atoms with Gasteiger partial charge < -0.3 is 10.6 Å². The fourth-order valence-corrected chi connectivity index (χ4v) is 1.99. The Kier molecular flexibility index (Phi) is 5.49. The van der Waals surface area contributed by atoms with Crippen molar-refractivity contribution in [3.05, 3.63) is 29.8 Å². The summed E-state index contributed by atoms with van der Waals surface area (Å²) in [6, 6.07) is 9.07. The van der Waals surface area contributed by atoms with Crippen molar-refractivity contribution in [2.75, 3.05) is 18.5 Å². The summed E-state index contributed by atoms with van der Waals surface area (Å²) in [6.45, 7) is 7.71. The summed E-state index contributed by atoms with van der Waals surface area (Å²) < 4.78 is 0. The zero-order valence-corrected chi connectivity index (χ0v) is 11.6. The Balaban J connectivity index is 2.61. The fraction of sp³-hybridized carbons (Fsp3) is 0.600. The van der Waals surface area contributed by atoms with E-state index in [4.69, 9.17) is 5.73 Å². The number of hydrogen-bond acceptors (Lipinski definition) is 2. The quantitative estimate of drug-likeness (QED) is 0.819. The van der Waals surface area contributed by atoms with Gasteiger partial charge in [-0.15, -0.1) is 0 Å². The maximum absolute atomic E-state index is 5.96. The zero-order chi connectivity index (χ0) is 12.8. The molecule has 96 valence electrons. The molecule has 1 aromatic rings. The molecule has 0 radical (unpaired) electrons. The normalized spacial score (nSPS) is 12.8. The second-order valence-corrected chi connectivity index (χ2v) is 5.31. The van der Waals surface area contributed by atoms with Crippen LogP contribution >= 0.6 is 0 Å². The van der Waals surface area contributed by atoms with Gasteiger partial charge in [0.05, 0.1) is 0 Å². The van der Waals surface area contributed by atoms with Crippen LogP contribution in [0.3, 0.4) is 0 Å². The van der Waals surface area contributed by atoms with Gasteiger partial charge >= 0.3 is 0 Å². The maximum atomic E-state index is 5.96. The highest BCUT2D eigenvalue weighted by Crippen LogP contribution is 2.16. The number of hydrogen-bond donors (Lipinski definition) is 1. The van der Waals surface area contributed by atoms with E-state index in [1.54, 1.807) is 0 Å². The van der Waals surface area contributed by atoms with Gasteiger partial charge in [0.1, 0.15) is 0 Å². The van der Waals surface area contributed by atoms with Crippen molar-refractivity contribution in [2.24, 2.45) is 11.7 Å². The van der Waals surface area contributed by atoms with E-state index in [1.807, 2.05) is 0 Å². The van der Waals surface area contributed by atoms with E-state index in [0.29, 0.717) is 5.92 Å². The molecule has 1 rings (SSSR count). The highest BCUT2D eigenvalue weighted by molar-refractivity contribution is 5.46. The van der Waals surface area contributed by atoms with Crippen LogP contribution in [-0.4, -0.2) is 19.6 Å². The Hall–Kier alpha value is -1.02. The van der Waals surface area contributed by atoms with Crippen molar-refractivity contribution < 1.29 is 0 Å².